The van der Waals surface area contributed by atoms with Gasteiger partial charge in [0, 0.05) is 5.56 Å². The Morgan fingerprint density at radius 2 is 1.23 bits per heavy atom. The molecule has 2 N–H and O–H groups in total. The number of unbranched alkanes of at least 4 members (excludes halogenated alkanes) is 5. The van der Waals surface area contributed by atoms with E-state index in [1.807, 2.05) is 0 Å². The van der Waals surface area contributed by atoms with E-state index in [0.717, 1.165) is 50.5 Å². The lowest BCUT2D eigenvalue weighted by Crippen LogP contribution is -2.03. The largest absolute Gasteiger partial charge is 0.504 e. The molecule has 1 rings (SSSR count). The van der Waals surface area contributed by atoms with Crippen molar-refractivity contribution in [3.05, 3.63) is 22.8 Å². The minimum absolute atomic E-state index is 0.0678. The summed E-state index contributed by atoms with van der Waals surface area (Å²) in [6.45, 7) is 6.60. The van der Waals surface area contributed by atoms with Crippen molar-refractivity contribution >= 4 is 0 Å². The van der Waals surface area contributed by atoms with Gasteiger partial charge in [-0.25, -0.2) is 0 Å². The SMILES string of the molecule is CCCCCc1cc(O)c(O)c(CCCCC)c1CCCC. The summed E-state index contributed by atoms with van der Waals surface area (Å²) in [5.74, 6) is 0.194. The van der Waals surface area contributed by atoms with E-state index in [0.29, 0.717) is 0 Å². The lowest BCUT2D eigenvalue weighted by Gasteiger charge is -2.18. The van der Waals surface area contributed by atoms with E-state index in [-0.39, 0.29) is 11.5 Å². The van der Waals surface area contributed by atoms with E-state index >= 15 is 0 Å². The van der Waals surface area contributed by atoms with Crippen LogP contribution in [0, 0.1) is 0 Å². The van der Waals surface area contributed by atoms with Crippen LogP contribution in [0.4, 0.5) is 0 Å². The predicted octanol–water partition coefficient (Wildman–Crippen LogP) is 5.91. The van der Waals surface area contributed by atoms with E-state index < -0.39 is 0 Å². The zero-order chi connectivity index (χ0) is 16.4. The van der Waals surface area contributed by atoms with Crippen molar-refractivity contribution in [2.75, 3.05) is 0 Å². The summed E-state index contributed by atoms with van der Waals surface area (Å²) in [6.07, 6.45) is 12.2. The lowest BCUT2D eigenvalue weighted by molar-refractivity contribution is 0.396. The smallest absolute Gasteiger partial charge is 0.160 e. The lowest BCUT2D eigenvalue weighted by atomic mass is 9.89. The van der Waals surface area contributed by atoms with Gasteiger partial charge >= 0.3 is 0 Å². The topological polar surface area (TPSA) is 40.5 Å². The van der Waals surface area contributed by atoms with Crippen molar-refractivity contribution in [2.45, 2.75) is 91.4 Å². The standard InChI is InChI=1S/C20H34O2/c1-4-7-10-12-16-15-19(21)20(22)18(14-11-8-5-2)17(16)13-9-6-3/h15,21-22H,4-14H2,1-3H3. The van der Waals surface area contributed by atoms with Crippen LogP contribution >= 0.6 is 0 Å². The van der Waals surface area contributed by atoms with Gasteiger partial charge < -0.3 is 10.2 Å². The molecule has 126 valence electrons. The van der Waals surface area contributed by atoms with Crippen molar-refractivity contribution in [3.8, 4) is 11.5 Å². The van der Waals surface area contributed by atoms with Gasteiger partial charge in [0.15, 0.2) is 11.5 Å². The molecule has 0 bridgehead atoms. The maximum atomic E-state index is 10.3. The molecule has 0 radical (unpaired) electrons. The molecule has 0 aliphatic rings. The number of rotatable bonds is 11. The molecular formula is C20H34O2. The third-order valence-electron chi connectivity index (χ3n) is 4.45. The molecule has 0 saturated carbocycles. The summed E-state index contributed by atoms with van der Waals surface area (Å²) in [5, 5.41) is 20.4. The van der Waals surface area contributed by atoms with Crippen molar-refractivity contribution in [1.29, 1.82) is 0 Å². The maximum absolute atomic E-state index is 10.3. The highest BCUT2D eigenvalue weighted by Gasteiger charge is 2.16. The molecule has 1 aromatic carbocycles. The molecule has 0 aliphatic heterocycles. The number of aromatic hydroxyl groups is 2. The molecule has 0 amide bonds. The fourth-order valence-electron chi connectivity index (χ4n) is 3.09. The monoisotopic (exact) mass is 306 g/mol. The highest BCUT2D eigenvalue weighted by atomic mass is 16.3. The van der Waals surface area contributed by atoms with Gasteiger partial charge in [0.05, 0.1) is 0 Å². The van der Waals surface area contributed by atoms with Crippen molar-refractivity contribution in [3.63, 3.8) is 0 Å². The number of phenolic OH excluding ortho intramolecular Hbond substituents is 2. The van der Waals surface area contributed by atoms with Crippen LogP contribution in [0.15, 0.2) is 6.07 Å². The average molecular weight is 306 g/mol. The summed E-state index contributed by atoms with van der Waals surface area (Å²) in [6, 6.07) is 1.80. The Morgan fingerprint density at radius 1 is 0.682 bits per heavy atom. The molecule has 1 aromatic rings. The third kappa shape index (κ3) is 5.55. The van der Waals surface area contributed by atoms with E-state index in [4.69, 9.17) is 0 Å². The van der Waals surface area contributed by atoms with Crippen LogP contribution in [-0.2, 0) is 19.3 Å². The van der Waals surface area contributed by atoms with Crippen LogP contribution < -0.4 is 0 Å². The van der Waals surface area contributed by atoms with Gasteiger partial charge in [-0.15, -0.1) is 0 Å². The molecule has 2 nitrogen and oxygen atoms in total. The second-order valence-electron chi connectivity index (χ2n) is 6.38. The van der Waals surface area contributed by atoms with Crippen LogP contribution in [0.5, 0.6) is 11.5 Å². The molecule has 2 heteroatoms. The van der Waals surface area contributed by atoms with Crippen LogP contribution in [-0.4, -0.2) is 10.2 Å². The molecular weight excluding hydrogens is 272 g/mol. The summed E-state index contributed by atoms with van der Waals surface area (Å²) >= 11 is 0. The molecule has 0 spiro atoms. The van der Waals surface area contributed by atoms with E-state index in [2.05, 4.69) is 20.8 Å². The second kappa shape index (κ2) is 10.5. The van der Waals surface area contributed by atoms with Crippen molar-refractivity contribution < 1.29 is 10.2 Å². The number of benzene rings is 1. The van der Waals surface area contributed by atoms with Gasteiger partial charge in [-0.1, -0.05) is 52.9 Å². The summed E-state index contributed by atoms with van der Waals surface area (Å²) in [4.78, 5) is 0. The Labute approximate surface area is 136 Å². The first-order chi connectivity index (χ1) is 10.7. The van der Waals surface area contributed by atoms with Crippen LogP contribution in [0.2, 0.25) is 0 Å². The van der Waals surface area contributed by atoms with Crippen LogP contribution in [0.3, 0.4) is 0 Å². The van der Waals surface area contributed by atoms with E-state index in [9.17, 15) is 10.2 Å². The predicted molar refractivity (Wildman–Crippen MR) is 94.8 cm³/mol. The normalized spacial score (nSPS) is 11.0. The first-order valence-electron chi connectivity index (χ1n) is 9.21. The molecule has 0 saturated heterocycles. The van der Waals surface area contributed by atoms with Crippen LogP contribution in [0.25, 0.3) is 0 Å². The molecule has 0 fully saturated rings. The zero-order valence-electron chi connectivity index (χ0n) is 14.7. The van der Waals surface area contributed by atoms with Gasteiger partial charge in [0.25, 0.3) is 0 Å². The number of hydrogen-bond acceptors (Lipinski definition) is 2. The minimum Gasteiger partial charge on any atom is -0.504 e. The van der Waals surface area contributed by atoms with Crippen LogP contribution in [0.1, 0.15) is 88.8 Å². The van der Waals surface area contributed by atoms with E-state index in [1.54, 1.807) is 6.07 Å². The third-order valence-corrected chi connectivity index (χ3v) is 4.45. The first-order valence-corrected chi connectivity index (χ1v) is 9.21. The Balaban J connectivity index is 3.05. The summed E-state index contributed by atoms with van der Waals surface area (Å²) < 4.78 is 0. The van der Waals surface area contributed by atoms with Crippen molar-refractivity contribution in [1.82, 2.24) is 0 Å². The van der Waals surface area contributed by atoms with Gasteiger partial charge in [0.2, 0.25) is 0 Å². The fourth-order valence-corrected chi connectivity index (χ4v) is 3.09. The second-order valence-corrected chi connectivity index (χ2v) is 6.38. The number of hydrogen-bond donors (Lipinski definition) is 2. The Hall–Kier alpha value is -1.18. The number of phenols is 2. The molecule has 22 heavy (non-hydrogen) atoms. The molecule has 0 unspecified atom stereocenters. The Kier molecular flexibility index (Phi) is 9.03. The molecule has 0 atom stereocenters. The van der Waals surface area contributed by atoms with Gasteiger partial charge in [-0.3, -0.25) is 0 Å². The highest BCUT2D eigenvalue weighted by Crippen LogP contribution is 2.36. The summed E-state index contributed by atoms with van der Waals surface area (Å²) in [7, 11) is 0. The average Bonchev–Trinajstić information content (AvgIpc) is 2.51. The molecule has 0 heterocycles. The fraction of sp³-hybridized carbons (Fsp3) is 0.700. The van der Waals surface area contributed by atoms with E-state index in [1.165, 1.54) is 36.8 Å². The van der Waals surface area contributed by atoms with Gasteiger partial charge in [0.1, 0.15) is 0 Å². The first kappa shape index (κ1) is 18.9. The zero-order valence-corrected chi connectivity index (χ0v) is 14.7. The molecule has 0 aliphatic carbocycles. The summed E-state index contributed by atoms with van der Waals surface area (Å²) in [5.41, 5.74) is 3.57. The quantitative estimate of drug-likeness (QED) is 0.394. The molecule has 0 aromatic heterocycles. The Bertz CT molecular complexity index is 438. The highest BCUT2D eigenvalue weighted by molar-refractivity contribution is 5.53. The van der Waals surface area contributed by atoms with Crippen molar-refractivity contribution in [2.24, 2.45) is 0 Å². The maximum Gasteiger partial charge on any atom is 0.160 e. The number of aryl methyl sites for hydroxylation is 1. The van der Waals surface area contributed by atoms with Gasteiger partial charge in [-0.05, 0) is 55.7 Å². The van der Waals surface area contributed by atoms with Gasteiger partial charge in [-0.2, -0.15) is 0 Å². The Morgan fingerprint density at radius 3 is 1.82 bits per heavy atom. The minimum atomic E-state index is 0.0678.